The Labute approximate surface area is 145 Å². The molecule has 2 aromatic heterocycles. The van der Waals surface area contributed by atoms with Crippen LogP contribution in [0.2, 0.25) is 0 Å². The van der Waals surface area contributed by atoms with E-state index in [1.54, 1.807) is 11.8 Å². The van der Waals surface area contributed by atoms with Crippen molar-refractivity contribution in [2.45, 2.75) is 28.7 Å². The number of aromatic nitrogens is 4. The topological polar surface area (TPSA) is 55.1 Å². The van der Waals surface area contributed by atoms with E-state index in [4.69, 9.17) is 0 Å². The number of halogens is 3. The molecule has 1 aliphatic rings. The minimum absolute atomic E-state index is 0.00404. The molecule has 4 rings (SSSR count). The zero-order chi connectivity index (χ0) is 17.5. The van der Waals surface area contributed by atoms with Gasteiger partial charge in [0.15, 0.2) is 5.69 Å². The average Bonchev–Trinajstić information content (AvgIpc) is 3.16. The predicted molar refractivity (Wildman–Crippen MR) is 88.5 cm³/mol. The predicted octanol–water partition coefficient (Wildman–Crippen LogP) is 3.88. The smallest absolute Gasteiger partial charge is 0.368 e. The van der Waals surface area contributed by atoms with Gasteiger partial charge in [-0.1, -0.05) is 18.2 Å². The lowest BCUT2D eigenvalue weighted by atomic mass is 10.3. The quantitative estimate of drug-likeness (QED) is 0.744. The van der Waals surface area contributed by atoms with Gasteiger partial charge in [-0.25, -0.2) is 4.98 Å². The Hall–Kier alpha value is -2.29. The first-order chi connectivity index (χ1) is 12.0. The first-order valence-electron chi connectivity index (χ1n) is 7.71. The molecule has 1 aliphatic carbocycles. The molecular weight excluding hydrogens is 351 g/mol. The van der Waals surface area contributed by atoms with Crippen molar-refractivity contribution in [1.29, 1.82) is 0 Å². The second-order valence-electron chi connectivity index (χ2n) is 5.95. The Morgan fingerprint density at radius 3 is 2.64 bits per heavy atom. The lowest BCUT2D eigenvalue weighted by Gasteiger charge is -2.17. The van der Waals surface area contributed by atoms with Crippen molar-refractivity contribution < 1.29 is 13.2 Å². The van der Waals surface area contributed by atoms with Gasteiger partial charge in [0.1, 0.15) is 12.1 Å². The van der Waals surface area contributed by atoms with Gasteiger partial charge in [0.25, 0.3) is 5.78 Å². The molecule has 0 amide bonds. The highest BCUT2D eigenvalue weighted by Crippen LogP contribution is 2.51. The molecule has 9 heteroatoms. The van der Waals surface area contributed by atoms with Gasteiger partial charge in [0.2, 0.25) is 0 Å². The zero-order valence-corrected chi connectivity index (χ0v) is 13.8. The third-order valence-electron chi connectivity index (χ3n) is 4.02. The first kappa shape index (κ1) is 16.2. The highest BCUT2D eigenvalue weighted by Gasteiger charge is 2.44. The van der Waals surface area contributed by atoms with Crippen LogP contribution in [0.1, 0.15) is 18.5 Å². The molecule has 3 aromatic rings. The van der Waals surface area contributed by atoms with E-state index in [1.165, 1.54) is 10.8 Å². The summed E-state index contributed by atoms with van der Waals surface area (Å²) in [5.41, 5.74) is -0.976. The van der Waals surface area contributed by atoms with Crippen LogP contribution in [0.15, 0.2) is 47.6 Å². The van der Waals surface area contributed by atoms with E-state index in [1.807, 2.05) is 30.3 Å². The molecule has 0 unspecified atom stereocenters. The molecule has 1 N–H and O–H groups in total. The number of benzene rings is 1. The summed E-state index contributed by atoms with van der Waals surface area (Å²) < 4.78 is 40.4. The summed E-state index contributed by atoms with van der Waals surface area (Å²) in [5, 5.41) is 7.06. The molecule has 0 atom stereocenters. The van der Waals surface area contributed by atoms with Crippen molar-refractivity contribution in [2.75, 3.05) is 11.9 Å². The van der Waals surface area contributed by atoms with Crippen molar-refractivity contribution in [3.63, 3.8) is 0 Å². The largest absolute Gasteiger partial charge is 0.433 e. The first-order valence-corrected chi connectivity index (χ1v) is 8.53. The second kappa shape index (κ2) is 5.91. The van der Waals surface area contributed by atoms with Gasteiger partial charge in [-0.15, -0.1) is 11.8 Å². The van der Waals surface area contributed by atoms with E-state index >= 15 is 0 Å². The standard InChI is InChI=1S/C16H14F3N5S/c17-16(18,19)12-8-13(24-14(23-12)21-10-22-24)20-9-15(6-7-15)25-11-4-2-1-3-5-11/h1-5,8,10,20H,6-7,9H2. The number of nitrogens with one attached hydrogen (secondary N) is 1. The maximum absolute atomic E-state index is 13.0. The molecule has 0 bridgehead atoms. The number of nitrogens with zero attached hydrogens (tertiary/aromatic N) is 4. The highest BCUT2D eigenvalue weighted by molar-refractivity contribution is 8.01. The van der Waals surface area contributed by atoms with Gasteiger partial charge in [0, 0.05) is 22.3 Å². The number of anilines is 1. The number of rotatable bonds is 5. The molecular formula is C16H14F3N5S. The van der Waals surface area contributed by atoms with Crippen LogP contribution in [-0.4, -0.2) is 30.9 Å². The average molecular weight is 365 g/mol. The van der Waals surface area contributed by atoms with Crippen molar-refractivity contribution >= 4 is 23.4 Å². The molecule has 2 heterocycles. The van der Waals surface area contributed by atoms with E-state index in [9.17, 15) is 13.2 Å². The van der Waals surface area contributed by atoms with Crippen molar-refractivity contribution in [3.8, 4) is 0 Å². The van der Waals surface area contributed by atoms with E-state index < -0.39 is 11.9 Å². The fourth-order valence-corrected chi connectivity index (χ4v) is 3.77. The Morgan fingerprint density at radius 2 is 1.96 bits per heavy atom. The van der Waals surface area contributed by atoms with Crippen LogP contribution in [0, 0.1) is 0 Å². The molecule has 25 heavy (non-hydrogen) atoms. The summed E-state index contributed by atoms with van der Waals surface area (Å²) in [5.74, 6) is 0.174. The van der Waals surface area contributed by atoms with Gasteiger partial charge >= 0.3 is 6.18 Å². The van der Waals surface area contributed by atoms with Crippen LogP contribution in [0.3, 0.4) is 0 Å². The fourth-order valence-electron chi connectivity index (χ4n) is 2.53. The Bertz CT molecular complexity index is 890. The van der Waals surface area contributed by atoms with Gasteiger partial charge in [-0.3, -0.25) is 0 Å². The number of hydrogen-bond acceptors (Lipinski definition) is 5. The summed E-state index contributed by atoms with van der Waals surface area (Å²) in [6.07, 6.45) is -1.31. The van der Waals surface area contributed by atoms with Crippen LogP contribution >= 0.6 is 11.8 Å². The Morgan fingerprint density at radius 1 is 1.20 bits per heavy atom. The molecule has 0 aliphatic heterocycles. The van der Waals surface area contributed by atoms with Crippen LogP contribution in [-0.2, 0) is 6.18 Å². The maximum Gasteiger partial charge on any atom is 0.433 e. The molecule has 5 nitrogen and oxygen atoms in total. The van der Waals surface area contributed by atoms with Crippen molar-refractivity contribution in [2.24, 2.45) is 0 Å². The van der Waals surface area contributed by atoms with Gasteiger partial charge in [-0.2, -0.15) is 27.8 Å². The molecule has 0 spiro atoms. The second-order valence-corrected chi connectivity index (χ2v) is 7.49. The Kier molecular flexibility index (Phi) is 3.82. The number of hydrogen-bond donors (Lipinski definition) is 1. The molecule has 1 fully saturated rings. The van der Waals surface area contributed by atoms with Gasteiger partial charge in [0.05, 0.1) is 0 Å². The lowest BCUT2D eigenvalue weighted by Crippen LogP contribution is -2.21. The van der Waals surface area contributed by atoms with Crippen molar-refractivity contribution in [3.05, 3.63) is 48.4 Å². The highest BCUT2D eigenvalue weighted by atomic mass is 32.2. The minimum atomic E-state index is -4.53. The summed E-state index contributed by atoms with van der Waals surface area (Å²) in [6.45, 7) is 0.544. The molecule has 1 aromatic carbocycles. The summed E-state index contributed by atoms with van der Waals surface area (Å²) >= 11 is 1.75. The van der Waals surface area contributed by atoms with Gasteiger partial charge < -0.3 is 5.32 Å². The molecule has 1 saturated carbocycles. The lowest BCUT2D eigenvalue weighted by molar-refractivity contribution is -0.141. The molecule has 0 saturated heterocycles. The van der Waals surface area contributed by atoms with E-state index in [0.29, 0.717) is 6.54 Å². The summed E-state index contributed by atoms with van der Waals surface area (Å²) in [4.78, 5) is 8.44. The number of thioether (sulfide) groups is 1. The summed E-state index contributed by atoms with van der Waals surface area (Å²) in [6, 6.07) is 11.0. The maximum atomic E-state index is 13.0. The minimum Gasteiger partial charge on any atom is -0.368 e. The third-order valence-corrected chi connectivity index (χ3v) is 5.51. The third kappa shape index (κ3) is 3.41. The Balaban J connectivity index is 1.56. The van der Waals surface area contributed by atoms with Gasteiger partial charge in [-0.05, 0) is 25.0 Å². The zero-order valence-electron chi connectivity index (χ0n) is 13.0. The van der Waals surface area contributed by atoms with Crippen LogP contribution in [0.4, 0.5) is 19.0 Å². The van der Waals surface area contributed by atoms with E-state index in [2.05, 4.69) is 20.4 Å². The fraction of sp³-hybridized carbons (Fsp3) is 0.312. The SMILES string of the molecule is FC(F)(F)c1cc(NCC2(Sc3ccccc3)CC2)n2ncnc2n1. The van der Waals surface area contributed by atoms with Crippen LogP contribution in [0.5, 0.6) is 0 Å². The molecule has 0 radical (unpaired) electrons. The normalized spacial score (nSPS) is 16.1. The number of alkyl halides is 3. The monoisotopic (exact) mass is 365 g/mol. The van der Waals surface area contributed by atoms with Crippen molar-refractivity contribution in [1.82, 2.24) is 19.6 Å². The van der Waals surface area contributed by atoms with Crippen LogP contribution in [0.25, 0.3) is 5.78 Å². The number of fused-ring (bicyclic) bond motifs is 1. The van der Waals surface area contributed by atoms with E-state index in [0.717, 1.165) is 23.8 Å². The summed E-state index contributed by atoms with van der Waals surface area (Å²) in [7, 11) is 0. The van der Waals surface area contributed by atoms with Crippen LogP contribution < -0.4 is 5.32 Å². The molecule has 130 valence electrons. The van der Waals surface area contributed by atoms with E-state index in [-0.39, 0.29) is 16.3 Å².